The molecule has 120 valence electrons. The summed E-state index contributed by atoms with van der Waals surface area (Å²) in [4.78, 5) is 3.27. The number of nitrogens with one attached hydrogen (secondary N) is 1. The summed E-state index contributed by atoms with van der Waals surface area (Å²) >= 11 is 0. The van der Waals surface area contributed by atoms with Gasteiger partial charge in [0.05, 0.1) is 0 Å². The summed E-state index contributed by atoms with van der Waals surface area (Å²) in [5.74, 6) is 0.740. The van der Waals surface area contributed by atoms with Crippen molar-refractivity contribution in [2.75, 3.05) is 0 Å². The van der Waals surface area contributed by atoms with Crippen molar-refractivity contribution in [2.45, 2.75) is 59.3 Å². The Kier molecular flexibility index (Phi) is 5.16. The van der Waals surface area contributed by atoms with Crippen molar-refractivity contribution in [3.05, 3.63) is 60.0 Å². The predicted molar refractivity (Wildman–Crippen MR) is 97.0 cm³/mol. The first-order valence-electron chi connectivity index (χ1n) is 8.53. The van der Waals surface area contributed by atoms with E-state index < -0.39 is 0 Å². The Morgan fingerprint density at radius 2 is 2.00 bits per heavy atom. The third kappa shape index (κ3) is 3.45. The van der Waals surface area contributed by atoms with Gasteiger partial charge in [0.1, 0.15) is 0 Å². The normalized spacial score (nSPS) is 29.5. The smallest absolute Gasteiger partial charge is 0.0222 e. The SMILES string of the molecule is C/C=C/C=C\C(=C/C)C1(c2cc[nH]c2)CC(C)CC(C)(C)C1. The van der Waals surface area contributed by atoms with Crippen LogP contribution in [0.5, 0.6) is 0 Å². The van der Waals surface area contributed by atoms with E-state index in [4.69, 9.17) is 0 Å². The molecule has 0 bridgehead atoms. The van der Waals surface area contributed by atoms with E-state index in [2.05, 4.69) is 88.4 Å². The molecule has 1 heteroatoms. The highest BCUT2D eigenvalue weighted by atomic mass is 14.6. The fourth-order valence-corrected chi connectivity index (χ4v) is 4.60. The summed E-state index contributed by atoms with van der Waals surface area (Å²) in [6.45, 7) is 11.5. The third-order valence-electron chi connectivity index (χ3n) is 4.97. The van der Waals surface area contributed by atoms with Gasteiger partial charge in [0.15, 0.2) is 0 Å². The summed E-state index contributed by atoms with van der Waals surface area (Å²) in [5, 5.41) is 0. The lowest BCUT2D eigenvalue weighted by atomic mass is 9.55. The van der Waals surface area contributed by atoms with Crippen LogP contribution in [0, 0.1) is 11.3 Å². The van der Waals surface area contributed by atoms with Crippen LogP contribution >= 0.6 is 0 Å². The molecule has 0 radical (unpaired) electrons. The number of hydrogen-bond acceptors (Lipinski definition) is 0. The van der Waals surface area contributed by atoms with Crippen molar-refractivity contribution in [3.63, 3.8) is 0 Å². The highest BCUT2D eigenvalue weighted by Crippen LogP contribution is 2.53. The molecule has 2 rings (SSSR count). The zero-order valence-electron chi connectivity index (χ0n) is 14.8. The minimum atomic E-state index is 0.133. The van der Waals surface area contributed by atoms with Gasteiger partial charge in [-0.05, 0) is 61.6 Å². The van der Waals surface area contributed by atoms with E-state index in [-0.39, 0.29) is 5.41 Å². The summed E-state index contributed by atoms with van der Waals surface area (Å²) < 4.78 is 0. The first kappa shape index (κ1) is 16.9. The molecule has 1 aromatic heterocycles. The molecule has 1 saturated carbocycles. The Hall–Kier alpha value is -1.50. The standard InChI is InChI=1S/C21H31N/c1-6-8-9-10-18(7-2)21(19-11-12-22-15-19)14-17(3)13-20(4,5)16-21/h6-12,15,17,22H,13-14,16H2,1-5H3/b8-6+,10-9-,18-7+. The number of aromatic nitrogens is 1. The monoisotopic (exact) mass is 297 g/mol. The highest BCUT2D eigenvalue weighted by molar-refractivity contribution is 5.43. The van der Waals surface area contributed by atoms with Gasteiger partial charge >= 0.3 is 0 Å². The fourth-order valence-electron chi connectivity index (χ4n) is 4.60. The number of rotatable bonds is 4. The molecule has 0 saturated heterocycles. The fraction of sp³-hybridized carbons (Fsp3) is 0.524. The summed E-state index contributed by atoms with van der Waals surface area (Å²) in [6.07, 6.45) is 19.0. The van der Waals surface area contributed by atoms with Gasteiger partial charge in [-0.1, -0.05) is 51.2 Å². The molecule has 1 aliphatic carbocycles. The second-order valence-electron chi connectivity index (χ2n) is 7.67. The Balaban J connectivity index is 2.51. The van der Waals surface area contributed by atoms with Gasteiger partial charge in [-0.2, -0.15) is 0 Å². The van der Waals surface area contributed by atoms with Crippen molar-refractivity contribution in [1.82, 2.24) is 4.98 Å². The molecule has 1 fully saturated rings. The molecule has 2 atom stereocenters. The zero-order valence-corrected chi connectivity index (χ0v) is 14.8. The first-order valence-corrected chi connectivity index (χ1v) is 8.53. The molecule has 2 unspecified atom stereocenters. The van der Waals surface area contributed by atoms with Crippen LogP contribution in [0.2, 0.25) is 0 Å². The summed E-state index contributed by atoms with van der Waals surface area (Å²) in [7, 11) is 0. The van der Waals surface area contributed by atoms with E-state index in [1.54, 1.807) is 0 Å². The minimum Gasteiger partial charge on any atom is -0.367 e. The maximum Gasteiger partial charge on any atom is 0.0222 e. The molecule has 0 aromatic carbocycles. The quantitative estimate of drug-likeness (QED) is 0.639. The van der Waals surface area contributed by atoms with E-state index in [1.807, 2.05) is 0 Å². The number of H-pyrrole nitrogens is 1. The summed E-state index contributed by atoms with van der Waals surface area (Å²) in [5.41, 5.74) is 3.39. The van der Waals surface area contributed by atoms with Gasteiger partial charge in [-0.3, -0.25) is 0 Å². The Morgan fingerprint density at radius 3 is 2.55 bits per heavy atom. The van der Waals surface area contributed by atoms with Crippen molar-refractivity contribution in [3.8, 4) is 0 Å². The van der Waals surface area contributed by atoms with E-state index in [0.29, 0.717) is 5.41 Å². The van der Waals surface area contributed by atoms with Crippen LogP contribution in [0.15, 0.2) is 54.4 Å². The van der Waals surface area contributed by atoms with E-state index in [9.17, 15) is 0 Å². The summed E-state index contributed by atoms with van der Waals surface area (Å²) in [6, 6.07) is 2.26. The van der Waals surface area contributed by atoms with Gasteiger partial charge < -0.3 is 4.98 Å². The molecule has 0 amide bonds. The molecule has 0 spiro atoms. The lowest BCUT2D eigenvalue weighted by Crippen LogP contribution is -2.41. The molecule has 1 N–H and O–H groups in total. The van der Waals surface area contributed by atoms with Crippen LogP contribution in [0.4, 0.5) is 0 Å². The maximum absolute atomic E-state index is 3.27. The van der Waals surface area contributed by atoms with Crippen LogP contribution in [0.3, 0.4) is 0 Å². The first-order chi connectivity index (χ1) is 10.4. The molecule has 1 nitrogen and oxygen atoms in total. The second-order valence-corrected chi connectivity index (χ2v) is 7.67. The van der Waals surface area contributed by atoms with Gasteiger partial charge in [0.25, 0.3) is 0 Å². The van der Waals surface area contributed by atoms with Crippen molar-refractivity contribution >= 4 is 0 Å². The lowest BCUT2D eigenvalue weighted by Gasteiger charge is -2.48. The van der Waals surface area contributed by atoms with Crippen LogP contribution < -0.4 is 0 Å². The molecular weight excluding hydrogens is 266 g/mol. The number of aromatic amines is 1. The van der Waals surface area contributed by atoms with Crippen molar-refractivity contribution < 1.29 is 0 Å². The Bertz CT molecular complexity index is 557. The Labute approximate surface area is 136 Å². The lowest BCUT2D eigenvalue weighted by molar-refractivity contribution is 0.126. The van der Waals surface area contributed by atoms with E-state index >= 15 is 0 Å². The molecular formula is C21H31N. The van der Waals surface area contributed by atoms with Crippen LogP contribution in [0.1, 0.15) is 59.4 Å². The predicted octanol–water partition coefficient (Wildman–Crippen LogP) is 6.18. The largest absolute Gasteiger partial charge is 0.367 e. The van der Waals surface area contributed by atoms with Gasteiger partial charge in [0, 0.05) is 17.8 Å². The average Bonchev–Trinajstić information content (AvgIpc) is 2.95. The van der Waals surface area contributed by atoms with Gasteiger partial charge in [-0.25, -0.2) is 0 Å². The van der Waals surface area contributed by atoms with Crippen LogP contribution in [-0.2, 0) is 5.41 Å². The molecule has 22 heavy (non-hydrogen) atoms. The van der Waals surface area contributed by atoms with Crippen LogP contribution in [-0.4, -0.2) is 4.98 Å². The van der Waals surface area contributed by atoms with Crippen LogP contribution in [0.25, 0.3) is 0 Å². The van der Waals surface area contributed by atoms with Crippen molar-refractivity contribution in [2.24, 2.45) is 11.3 Å². The maximum atomic E-state index is 3.27. The van der Waals surface area contributed by atoms with Crippen molar-refractivity contribution in [1.29, 1.82) is 0 Å². The van der Waals surface area contributed by atoms with E-state index in [1.165, 1.54) is 30.4 Å². The molecule has 0 aliphatic heterocycles. The number of allylic oxidation sites excluding steroid dienone is 6. The highest BCUT2D eigenvalue weighted by Gasteiger charge is 2.45. The minimum absolute atomic E-state index is 0.133. The molecule has 1 aliphatic rings. The second kappa shape index (κ2) is 6.73. The topological polar surface area (TPSA) is 15.8 Å². The van der Waals surface area contributed by atoms with Gasteiger partial charge in [0.2, 0.25) is 0 Å². The Morgan fingerprint density at radius 1 is 1.23 bits per heavy atom. The number of hydrogen-bond donors (Lipinski definition) is 1. The third-order valence-corrected chi connectivity index (χ3v) is 4.97. The van der Waals surface area contributed by atoms with Gasteiger partial charge in [-0.15, -0.1) is 0 Å². The average molecular weight is 297 g/mol. The zero-order chi connectivity index (χ0) is 16.2. The van der Waals surface area contributed by atoms with E-state index in [0.717, 1.165) is 5.92 Å². The molecule has 1 heterocycles. The molecule has 1 aromatic rings.